The van der Waals surface area contributed by atoms with Gasteiger partial charge in [-0.2, -0.15) is 0 Å². The topological polar surface area (TPSA) is 82.5 Å². The third-order valence-corrected chi connectivity index (χ3v) is 7.24. The Kier molecular flexibility index (Phi) is 5.29. The van der Waals surface area contributed by atoms with Crippen LogP contribution >= 0.6 is 11.3 Å². The molecule has 4 rings (SSSR count). The van der Waals surface area contributed by atoms with Crippen molar-refractivity contribution in [2.75, 3.05) is 0 Å². The summed E-state index contributed by atoms with van der Waals surface area (Å²) in [5.74, 6) is 0.0106. The van der Waals surface area contributed by atoms with Crippen LogP contribution < -0.4 is 5.32 Å². The minimum atomic E-state index is -1.05. The average Bonchev–Trinajstić information content (AvgIpc) is 3.37. The fourth-order valence-corrected chi connectivity index (χ4v) is 5.47. The van der Waals surface area contributed by atoms with Crippen molar-refractivity contribution in [3.63, 3.8) is 0 Å². The van der Waals surface area contributed by atoms with Crippen LogP contribution in [0.1, 0.15) is 70.1 Å². The maximum absolute atomic E-state index is 12.8. The van der Waals surface area contributed by atoms with Gasteiger partial charge >= 0.3 is 0 Å². The summed E-state index contributed by atoms with van der Waals surface area (Å²) in [6, 6.07) is 2.38. The Labute approximate surface area is 169 Å². The smallest absolute Gasteiger partial charge is 0.224 e. The molecule has 0 spiro atoms. The SMILES string of the molecule is CC(C)(O)c1nc(CO)c(CNC(=O)Cc2c3c(cc4c2CCC4)CCC3)s1. The van der Waals surface area contributed by atoms with Gasteiger partial charge in [0, 0.05) is 4.88 Å². The van der Waals surface area contributed by atoms with Gasteiger partial charge in [0.25, 0.3) is 0 Å². The number of fused-ring (bicyclic) bond motifs is 2. The van der Waals surface area contributed by atoms with Gasteiger partial charge in [-0.05, 0) is 80.2 Å². The van der Waals surface area contributed by atoms with Gasteiger partial charge in [0.15, 0.2) is 0 Å². The Hall–Kier alpha value is -1.76. The largest absolute Gasteiger partial charge is 0.390 e. The number of carbonyl (C=O) groups is 1. The maximum atomic E-state index is 12.8. The van der Waals surface area contributed by atoms with Crippen LogP contribution in [-0.4, -0.2) is 21.1 Å². The first kappa shape index (κ1) is 19.6. The molecule has 2 aliphatic carbocycles. The zero-order chi connectivity index (χ0) is 19.9. The highest BCUT2D eigenvalue weighted by molar-refractivity contribution is 7.11. The van der Waals surface area contributed by atoms with Crippen molar-refractivity contribution >= 4 is 17.2 Å². The van der Waals surface area contributed by atoms with Gasteiger partial charge in [0.05, 0.1) is 25.3 Å². The molecule has 3 N–H and O–H groups in total. The van der Waals surface area contributed by atoms with Gasteiger partial charge in [-0.25, -0.2) is 4.98 Å². The molecule has 6 heteroatoms. The highest BCUT2D eigenvalue weighted by Gasteiger charge is 2.26. The minimum absolute atomic E-state index is 0.0106. The Morgan fingerprint density at radius 3 is 2.39 bits per heavy atom. The molecule has 150 valence electrons. The van der Waals surface area contributed by atoms with Crippen LogP contribution in [0.3, 0.4) is 0 Å². The zero-order valence-electron chi connectivity index (χ0n) is 16.6. The minimum Gasteiger partial charge on any atom is -0.390 e. The first-order valence-corrected chi connectivity index (χ1v) is 10.9. The fraction of sp³-hybridized carbons (Fsp3) is 0.545. The third kappa shape index (κ3) is 3.73. The molecule has 0 atom stereocenters. The summed E-state index contributed by atoms with van der Waals surface area (Å²) in [4.78, 5) is 17.9. The Bertz CT molecular complexity index is 879. The molecule has 1 aromatic carbocycles. The highest BCUT2D eigenvalue weighted by Crippen LogP contribution is 2.35. The number of thiazole rings is 1. The second-order valence-corrected chi connectivity index (χ2v) is 9.48. The zero-order valence-corrected chi connectivity index (χ0v) is 17.4. The molecule has 5 nitrogen and oxygen atoms in total. The van der Waals surface area contributed by atoms with Crippen molar-refractivity contribution in [3.8, 4) is 0 Å². The van der Waals surface area contributed by atoms with E-state index >= 15 is 0 Å². The van der Waals surface area contributed by atoms with Crippen molar-refractivity contribution in [2.24, 2.45) is 0 Å². The van der Waals surface area contributed by atoms with E-state index in [4.69, 9.17) is 0 Å². The van der Waals surface area contributed by atoms with Crippen molar-refractivity contribution < 1.29 is 15.0 Å². The molecule has 0 saturated carbocycles. The Morgan fingerprint density at radius 1 is 1.18 bits per heavy atom. The van der Waals surface area contributed by atoms with Crippen LogP contribution in [0, 0.1) is 0 Å². The molecule has 2 aromatic rings. The monoisotopic (exact) mass is 400 g/mol. The van der Waals surface area contributed by atoms with Crippen LogP contribution in [0.15, 0.2) is 6.07 Å². The molecule has 1 heterocycles. The Balaban J connectivity index is 1.49. The second-order valence-electron chi connectivity index (χ2n) is 8.40. The van der Waals surface area contributed by atoms with E-state index in [2.05, 4.69) is 16.4 Å². The van der Waals surface area contributed by atoms with Crippen molar-refractivity contribution in [3.05, 3.63) is 49.5 Å². The van der Waals surface area contributed by atoms with E-state index in [1.54, 1.807) is 13.8 Å². The average molecular weight is 401 g/mol. The molecular weight excluding hydrogens is 372 g/mol. The number of benzene rings is 1. The standard InChI is InChI=1S/C22H28N2O3S/c1-22(2,27)21-24-18(12-25)19(28-21)11-23-20(26)10-17-15-7-3-5-13(15)9-14-6-4-8-16(14)17/h9,25,27H,3-8,10-12H2,1-2H3,(H,23,26). The van der Waals surface area contributed by atoms with Gasteiger partial charge in [-0.1, -0.05) is 6.07 Å². The van der Waals surface area contributed by atoms with Gasteiger partial charge in [0.2, 0.25) is 5.91 Å². The molecule has 2 aliphatic rings. The summed E-state index contributed by atoms with van der Waals surface area (Å²) in [5.41, 5.74) is 6.46. The Morgan fingerprint density at radius 2 is 1.82 bits per heavy atom. The molecule has 0 fully saturated rings. The van der Waals surface area contributed by atoms with Crippen LogP contribution in [0.4, 0.5) is 0 Å². The second kappa shape index (κ2) is 7.58. The predicted molar refractivity (Wildman–Crippen MR) is 109 cm³/mol. The molecule has 0 radical (unpaired) electrons. The predicted octanol–water partition coefficient (Wildman–Crippen LogP) is 2.70. The lowest BCUT2D eigenvalue weighted by Crippen LogP contribution is -2.25. The van der Waals surface area contributed by atoms with Crippen LogP contribution in [0.2, 0.25) is 0 Å². The third-order valence-electron chi connectivity index (χ3n) is 5.83. The lowest BCUT2D eigenvalue weighted by Gasteiger charge is -2.15. The van der Waals surface area contributed by atoms with Crippen LogP contribution in [-0.2, 0) is 55.7 Å². The molecule has 0 saturated heterocycles. The molecule has 1 amide bonds. The lowest BCUT2D eigenvalue weighted by molar-refractivity contribution is -0.120. The number of hydrogen-bond acceptors (Lipinski definition) is 5. The molecule has 0 aliphatic heterocycles. The summed E-state index contributed by atoms with van der Waals surface area (Å²) in [6.07, 6.45) is 7.25. The molecular formula is C22H28N2O3S. The highest BCUT2D eigenvalue weighted by atomic mass is 32.1. The van der Waals surface area contributed by atoms with Gasteiger partial charge in [-0.3, -0.25) is 4.79 Å². The van der Waals surface area contributed by atoms with Gasteiger partial charge in [-0.15, -0.1) is 11.3 Å². The van der Waals surface area contributed by atoms with E-state index in [0.717, 1.165) is 30.6 Å². The molecule has 0 bridgehead atoms. The molecule has 28 heavy (non-hydrogen) atoms. The van der Waals surface area contributed by atoms with E-state index in [-0.39, 0.29) is 12.5 Å². The normalized spacial score (nSPS) is 15.6. The summed E-state index contributed by atoms with van der Waals surface area (Å²) >= 11 is 1.34. The number of nitrogens with one attached hydrogen (secondary N) is 1. The summed E-state index contributed by atoms with van der Waals surface area (Å²) in [6.45, 7) is 3.48. The molecule has 1 aromatic heterocycles. The number of aliphatic hydroxyl groups is 2. The fourth-order valence-electron chi connectivity index (χ4n) is 4.46. The van der Waals surface area contributed by atoms with Crippen molar-refractivity contribution in [1.29, 1.82) is 0 Å². The number of carbonyl (C=O) groups excluding carboxylic acids is 1. The quantitative estimate of drug-likeness (QED) is 0.696. The number of aliphatic hydroxyl groups excluding tert-OH is 1. The van der Waals surface area contributed by atoms with Gasteiger partial charge in [0.1, 0.15) is 10.6 Å². The van der Waals surface area contributed by atoms with E-state index in [0.29, 0.717) is 23.7 Å². The number of amides is 1. The van der Waals surface area contributed by atoms with E-state index < -0.39 is 5.60 Å². The van der Waals surface area contributed by atoms with E-state index in [1.807, 2.05) is 0 Å². The van der Waals surface area contributed by atoms with Crippen LogP contribution in [0.5, 0.6) is 0 Å². The number of hydrogen-bond donors (Lipinski definition) is 3. The number of aryl methyl sites for hydroxylation is 2. The lowest BCUT2D eigenvalue weighted by atomic mass is 9.92. The first-order valence-electron chi connectivity index (χ1n) is 10.1. The van der Waals surface area contributed by atoms with Crippen molar-refractivity contribution in [2.45, 2.75) is 77.5 Å². The number of aromatic nitrogens is 1. The van der Waals surface area contributed by atoms with E-state index in [1.165, 1.54) is 52.0 Å². The van der Waals surface area contributed by atoms with E-state index in [9.17, 15) is 15.0 Å². The summed E-state index contributed by atoms with van der Waals surface area (Å²) in [7, 11) is 0. The first-order chi connectivity index (χ1) is 13.4. The maximum Gasteiger partial charge on any atom is 0.224 e. The van der Waals surface area contributed by atoms with Gasteiger partial charge < -0.3 is 15.5 Å². The molecule has 0 unspecified atom stereocenters. The number of rotatable bonds is 6. The summed E-state index contributed by atoms with van der Waals surface area (Å²) in [5, 5.41) is 23.3. The van der Waals surface area contributed by atoms with Crippen LogP contribution in [0.25, 0.3) is 0 Å². The summed E-state index contributed by atoms with van der Waals surface area (Å²) < 4.78 is 0. The number of nitrogens with zero attached hydrogens (tertiary/aromatic N) is 1. The van der Waals surface area contributed by atoms with Crippen molar-refractivity contribution in [1.82, 2.24) is 10.3 Å².